The summed E-state index contributed by atoms with van der Waals surface area (Å²) in [5.41, 5.74) is 1.13. The summed E-state index contributed by atoms with van der Waals surface area (Å²) in [6.07, 6.45) is 2.70. The molecule has 0 bridgehead atoms. The fourth-order valence-corrected chi connectivity index (χ4v) is 2.34. The summed E-state index contributed by atoms with van der Waals surface area (Å²) in [6.45, 7) is 5.35. The third-order valence-electron chi connectivity index (χ3n) is 3.37. The molecule has 0 aliphatic rings. The van der Waals surface area contributed by atoms with Crippen LogP contribution in [0.3, 0.4) is 0 Å². The van der Waals surface area contributed by atoms with Crippen LogP contribution in [0.15, 0.2) is 54.9 Å². The fraction of sp³-hybridized carbons (Fsp3) is 0.286. The lowest BCUT2D eigenvalue weighted by atomic mass is 9.98. The molecule has 0 saturated heterocycles. The Balaban J connectivity index is 2.32. The van der Waals surface area contributed by atoms with E-state index in [0.29, 0.717) is 22.5 Å². The van der Waals surface area contributed by atoms with Crippen LogP contribution in [-0.4, -0.2) is 41.5 Å². The largest absolute Gasteiger partial charge is 0.444 e. The molecule has 142 valence electrons. The molecule has 1 amide bonds. The van der Waals surface area contributed by atoms with Crippen LogP contribution in [0.5, 0.6) is 0 Å². The van der Waals surface area contributed by atoms with Gasteiger partial charge in [-0.1, -0.05) is 30.3 Å². The van der Waals surface area contributed by atoms with Crippen molar-refractivity contribution in [3.8, 4) is 0 Å². The van der Waals surface area contributed by atoms with E-state index < -0.39 is 11.7 Å². The first-order valence-corrected chi connectivity index (χ1v) is 8.60. The number of hydrogen-bond acceptors (Lipinski definition) is 5. The van der Waals surface area contributed by atoms with Crippen molar-refractivity contribution in [3.05, 3.63) is 66.0 Å². The van der Waals surface area contributed by atoms with Gasteiger partial charge in [-0.25, -0.2) is 9.78 Å². The number of allylic oxidation sites excluding steroid dienone is 1. The minimum Gasteiger partial charge on any atom is -0.444 e. The Morgan fingerprint density at radius 3 is 2.33 bits per heavy atom. The number of benzene rings is 1. The topological polar surface area (TPSA) is 71.5 Å². The van der Waals surface area contributed by atoms with Crippen LogP contribution in [-0.2, 0) is 4.74 Å². The average Bonchev–Trinajstić information content (AvgIpc) is 2.58. The van der Waals surface area contributed by atoms with Gasteiger partial charge in [-0.2, -0.15) is 0 Å². The molecule has 0 spiro atoms. The molecular formula is C21H25N3O3. The van der Waals surface area contributed by atoms with Crippen LogP contribution in [0, 0.1) is 0 Å². The summed E-state index contributed by atoms with van der Waals surface area (Å²) >= 11 is 0. The van der Waals surface area contributed by atoms with Crippen LogP contribution in [0.25, 0.3) is 5.57 Å². The first-order chi connectivity index (χ1) is 12.7. The number of Topliss-reactive ketones (excluding diaryl/α,β-unsaturated/α-hetero) is 1. The van der Waals surface area contributed by atoms with E-state index in [1.54, 1.807) is 62.3 Å². The minimum absolute atomic E-state index is 0.112. The zero-order valence-electron chi connectivity index (χ0n) is 16.3. The Labute approximate surface area is 159 Å². The highest BCUT2D eigenvalue weighted by molar-refractivity contribution is 6.28. The minimum atomic E-state index is -0.610. The molecule has 0 aliphatic heterocycles. The Kier molecular flexibility index (Phi) is 6.34. The van der Waals surface area contributed by atoms with Gasteiger partial charge in [0, 0.05) is 37.6 Å². The van der Waals surface area contributed by atoms with Crippen LogP contribution in [0.2, 0.25) is 0 Å². The Morgan fingerprint density at radius 2 is 1.74 bits per heavy atom. The lowest BCUT2D eigenvalue weighted by Crippen LogP contribution is -2.27. The maximum atomic E-state index is 13.0. The van der Waals surface area contributed by atoms with Gasteiger partial charge in [0.1, 0.15) is 11.4 Å². The predicted molar refractivity (Wildman–Crippen MR) is 107 cm³/mol. The van der Waals surface area contributed by atoms with Crippen molar-refractivity contribution < 1.29 is 14.3 Å². The molecule has 0 unspecified atom stereocenters. The fourth-order valence-electron chi connectivity index (χ4n) is 2.34. The monoisotopic (exact) mass is 367 g/mol. The molecule has 2 rings (SSSR count). The maximum Gasteiger partial charge on any atom is 0.413 e. The molecule has 0 radical (unpaired) electrons. The smallest absolute Gasteiger partial charge is 0.413 e. The lowest BCUT2D eigenvalue weighted by molar-refractivity contribution is 0.0635. The van der Waals surface area contributed by atoms with Gasteiger partial charge in [-0.15, -0.1) is 0 Å². The van der Waals surface area contributed by atoms with E-state index in [1.165, 1.54) is 0 Å². The SMILES string of the molecule is CN(C)/C=C(/C(=O)c1ccccc1)c1ccnc(NC(=O)OC(C)(C)C)c1. The lowest BCUT2D eigenvalue weighted by Gasteiger charge is -2.19. The van der Waals surface area contributed by atoms with Crippen LogP contribution in [0.1, 0.15) is 36.7 Å². The predicted octanol–water partition coefficient (Wildman–Crippen LogP) is 4.21. The number of aromatic nitrogens is 1. The molecule has 0 fully saturated rings. The van der Waals surface area contributed by atoms with E-state index in [-0.39, 0.29) is 5.78 Å². The average molecular weight is 367 g/mol. The van der Waals surface area contributed by atoms with Crippen molar-refractivity contribution in [1.29, 1.82) is 0 Å². The number of carbonyl (C=O) groups excluding carboxylic acids is 2. The highest BCUT2D eigenvalue weighted by Gasteiger charge is 2.18. The van der Waals surface area contributed by atoms with E-state index in [2.05, 4.69) is 10.3 Å². The van der Waals surface area contributed by atoms with Gasteiger partial charge in [0.15, 0.2) is 5.78 Å². The summed E-state index contributed by atoms with van der Waals surface area (Å²) in [7, 11) is 3.69. The molecule has 0 saturated carbocycles. The molecule has 1 aromatic carbocycles. The number of anilines is 1. The first-order valence-electron chi connectivity index (χ1n) is 8.60. The van der Waals surface area contributed by atoms with E-state index in [4.69, 9.17) is 4.74 Å². The second-order valence-electron chi connectivity index (χ2n) is 7.26. The van der Waals surface area contributed by atoms with Crippen LogP contribution < -0.4 is 5.32 Å². The molecule has 1 aromatic heterocycles. The number of nitrogens with one attached hydrogen (secondary N) is 1. The number of nitrogens with zero attached hydrogens (tertiary/aromatic N) is 2. The number of ketones is 1. The zero-order chi connectivity index (χ0) is 20.0. The van der Waals surface area contributed by atoms with E-state index in [9.17, 15) is 9.59 Å². The van der Waals surface area contributed by atoms with Gasteiger partial charge in [0.2, 0.25) is 0 Å². The van der Waals surface area contributed by atoms with Crippen molar-refractivity contribution in [2.75, 3.05) is 19.4 Å². The second-order valence-corrected chi connectivity index (χ2v) is 7.26. The van der Waals surface area contributed by atoms with Crippen molar-refractivity contribution in [1.82, 2.24) is 9.88 Å². The zero-order valence-corrected chi connectivity index (χ0v) is 16.3. The Hall–Kier alpha value is -3.15. The van der Waals surface area contributed by atoms with Gasteiger partial charge >= 0.3 is 6.09 Å². The van der Waals surface area contributed by atoms with E-state index in [1.807, 2.05) is 32.3 Å². The molecule has 6 heteroatoms. The normalized spacial score (nSPS) is 11.7. The highest BCUT2D eigenvalue weighted by Crippen LogP contribution is 2.22. The second kappa shape index (κ2) is 8.49. The maximum absolute atomic E-state index is 13.0. The molecule has 0 atom stereocenters. The number of rotatable bonds is 5. The molecule has 27 heavy (non-hydrogen) atoms. The molecule has 1 heterocycles. The van der Waals surface area contributed by atoms with Gasteiger partial charge in [-0.05, 0) is 38.5 Å². The number of amides is 1. The molecule has 0 aliphatic carbocycles. The summed E-state index contributed by atoms with van der Waals surface area (Å²) in [5, 5.41) is 2.60. The third kappa shape index (κ3) is 6.26. The molecule has 1 N–H and O–H groups in total. The van der Waals surface area contributed by atoms with Crippen molar-refractivity contribution >= 4 is 23.3 Å². The van der Waals surface area contributed by atoms with E-state index in [0.717, 1.165) is 0 Å². The summed E-state index contributed by atoms with van der Waals surface area (Å²) in [6, 6.07) is 12.4. The van der Waals surface area contributed by atoms with Gasteiger partial charge in [0.25, 0.3) is 0 Å². The number of carbonyl (C=O) groups is 2. The van der Waals surface area contributed by atoms with Crippen LogP contribution in [0.4, 0.5) is 10.6 Å². The van der Waals surface area contributed by atoms with Gasteiger partial charge in [-0.3, -0.25) is 10.1 Å². The quantitative estimate of drug-likeness (QED) is 0.633. The highest BCUT2D eigenvalue weighted by atomic mass is 16.6. The van der Waals surface area contributed by atoms with Gasteiger partial charge in [0.05, 0.1) is 0 Å². The molecular weight excluding hydrogens is 342 g/mol. The Bertz CT molecular complexity index is 837. The summed E-state index contributed by atoms with van der Waals surface area (Å²) in [5.74, 6) is 0.200. The summed E-state index contributed by atoms with van der Waals surface area (Å²) in [4.78, 5) is 30.9. The summed E-state index contributed by atoms with van der Waals surface area (Å²) < 4.78 is 5.24. The Morgan fingerprint density at radius 1 is 1.07 bits per heavy atom. The first kappa shape index (κ1) is 20.2. The van der Waals surface area contributed by atoms with Crippen molar-refractivity contribution in [2.45, 2.75) is 26.4 Å². The number of hydrogen-bond donors (Lipinski definition) is 1. The van der Waals surface area contributed by atoms with Crippen molar-refractivity contribution in [3.63, 3.8) is 0 Å². The molecule has 6 nitrogen and oxygen atoms in total. The number of pyridine rings is 1. The van der Waals surface area contributed by atoms with Crippen molar-refractivity contribution in [2.24, 2.45) is 0 Å². The van der Waals surface area contributed by atoms with Crippen LogP contribution >= 0.6 is 0 Å². The standard InChI is InChI=1S/C21H25N3O3/c1-21(2,3)27-20(26)23-18-13-16(11-12-22-18)17(14-24(4)5)19(25)15-9-7-6-8-10-15/h6-14H,1-5H3,(H,22,23,26)/b17-14+. The third-order valence-corrected chi connectivity index (χ3v) is 3.37. The number of ether oxygens (including phenoxy) is 1. The molecule has 2 aromatic rings. The van der Waals surface area contributed by atoms with Gasteiger partial charge < -0.3 is 9.64 Å². The van der Waals surface area contributed by atoms with E-state index >= 15 is 0 Å².